The van der Waals surface area contributed by atoms with Crippen LogP contribution >= 0.6 is 0 Å². The molecule has 0 spiro atoms. The molecule has 2 aliphatic heterocycles. The first kappa shape index (κ1) is 16.6. The number of hydrogen-bond donors (Lipinski definition) is 1. The van der Waals surface area contributed by atoms with Crippen LogP contribution in [0.1, 0.15) is 43.9 Å². The summed E-state index contributed by atoms with van der Waals surface area (Å²) < 4.78 is 10.9. The van der Waals surface area contributed by atoms with Crippen molar-refractivity contribution in [3.63, 3.8) is 0 Å². The topological polar surface area (TPSA) is 41.9 Å². The molecule has 0 bridgehead atoms. The zero-order valence-corrected chi connectivity index (χ0v) is 14.7. The van der Waals surface area contributed by atoms with Crippen molar-refractivity contribution >= 4 is 0 Å². The van der Waals surface area contributed by atoms with Gasteiger partial charge in [0, 0.05) is 19.1 Å². The molecule has 3 rings (SSSR count). The Hall–Kier alpha value is -1.26. The van der Waals surface area contributed by atoms with Gasteiger partial charge in [0.05, 0.1) is 20.3 Å². The largest absolute Gasteiger partial charge is 0.493 e. The first-order valence-corrected chi connectivity index (χ1v) is 8.70. The van der Waals surface area contributed by atoms with Gasteiger partial charge in [-0.25, -0.2) is 0 Å². The molecule has 4 nitrogen and oxygen atoms in total. The van der Waals surface area contributed by atoms with Gasteiger partial charge in [-0.1, -0.05) is 13.8 Å². The Bertz CT molecular complexity index is 558. The van der Waals surface area contributed by atoms with Gasteiger partial charge < -0.3 is 14.6 Å². The normalized spacial score (nSPS) is 27.5. The van der Waals surface area contributed by atoms with Crippen molar-refractivity contribution in [3.8, 4) is 11.5 Å². The molecule has 1 saturated heterocycles. The molecule has 0 aromatic heterocycles. The Morgan fingerprint density at radius 1 is 1.22 bits per heavy atom. The molecule has 0 amide bonds. The smallest absolute Gasteiger partial charge is 0.161 e. The summed E-state index contributed by atoms with van der Waals surface area (Å²) in [7, 11) is 3.36. The van der Waals surface area contributed by atoms with E-state index in [1.807, 2.05) is 0 Å². The molecule has 0 aliphatic carbocycles. The highest BCUT2D eigenvalue weighted by molar-refractivity contribution is 5.49. The second-order valence-electron chi connectivity index (χ2n) is 7.36. The molecule has 0 radical (unpaired) electrons. The van der Waals surface area contributed by atoms with E-state index in [0.29, 0.717) is 17.9 Å². The first-order valence-electron chi connectivity index (χ1n) is 8.70. The van der Waals surface area contributed by atoms with Gasteiger partial charge in [0.2, 0.25) is 0 Å². The van der Waals surface area contributed by atoms with Crippen molar-refractivity contribution in [2.24, 2.45) is 11.8 Å². The Balaban J connectivity index is 1.87. The maximum atomic E-state index is 10.6. The van der Waals surface area contributed by atoms with Crippen molar-refractivity contribution in [3.05, 3.63) is 23.3 Å². The summed E-state index contributed by atoms with van der Waals surface area (Å²) in [5.41, 5.74) is 2.63. The van der Waals surface area contributed by atoms with Crippen LogP contribution in [-0.4, -0.2) is 43.4 Å². The van der Waals surface area contributed by atoms with Gasteiger partial charge in [-0.05, 0) is 54.4 Å². The Kier molecular flexibility index (Phi) is 4.83. The standard InChI is InChI=1S/C19H29NO3/c1-12(2)7-14-11-20-6-5-13-8-18(22-3)19(23-4)9-15(13)16(20)10-17(14)21/h8-9,12,14,16-17,21H,5-7,10-11H2,1-4H3/t14-,16+,17-/m1/s1. The zero-order valence-electron chi connectivity index (χ0n) is 14.7. The van der Waals surface area contributed by atoms with Crippen LogP contribution in [0.4, 0.5) is 0 Å². The van der Waals surface area contributed by atoms with E-state index >= 15 is 0 Å². The van der Waals surface area contributed by atoms with Crippen LogP contribution in [-0.2, 0) is 6.42 Å². The first-order chi connectivity index (χ1) is 11.0. The zero-order chi connectivity index (χ0) is 16.6. The molecule has 128 valence electrons. The van der Waals surface area contributed by atoms with Gasteiger partial charge >= 0.3 is 0 Å². The Labute approximate surface area is 139 Å². The number of ether oxygens (including phenoxy) is 2. The van der Waals surface area contributed by atoms with Crippen molar-refractivity contribution in [2.45, 2.75) is 45.3 Å². The second kappa shape index (κ2) is 6.70. The molecule has 0 saturated carbocycles. The number of benzene rings is 1. The quantitative estimate of drug-likeness (QED) is 0.926. The summed E-state index contributed by atoms with van der Waals surface area (Å²) in [4.78, 5) is 2.55. The second-order valence-corrected chi connectivity index (χ2v) is 7.36. The lowest BCUT2D eigenvalue weighted by molar-refractivity contribution is -0.0191. The van der Waals surface area contributed by atoms with E-state index in [-0.39, 0.29) is 6.10 Å². The minimum absolute atomic E-state index is 0.210. The predicted octanol–water partition coefficient (Wildman–Crippen LogP) is 3.03. The van der Waals surface area contributed by atoms with Crippen molar-refractivity contribution < 1.29 is 14.6 Å². The molecule has 3 atom stereocenters. The molecule has 4 heteroatoms. The van der Waals surface area contributed by atoms with Crippen LogP contribution in [0.3, 0.4) is 0 Å². The summed E-state index contributed by atoms with van der Waals surface area (Å²) in [6.07, 6.45) is 2.75. The highest BCUT2D eigenvalue weighted by atomic mass is 16.5. The maximum Gasteiger partial charge on any atom is 0.161 e. The molecular formula is C19H29NO3. The Morgan fingerprint density at radius 3 is 2.57 bits per heavy atom. The molecule has 2 heterocycles. The average Bonchev–Trinajstić information content (AvgIpc) is 2.53. The fourth-order valence-corrected chi connectivity index (χ4v) is 4.26. The molecule has 1 aromatic carbocycles. The summed E-state index contributed by atoms with van der Waals surface area (Å²) in [6, 6.07) is 4.52. The third-order valence-corrected chi connectivity index (χ3v) is 5.37. The lowest BCUT2D eigenvalue weighted by Crippen LogP contribution is -2.48. The molecule has 1 aromatic rings. The van der Waals surface area contributed by atoms with Crippen LogP contribution in [0.15, 0.2) is 12.1 Å². The van der Waals surface area contributed by atoms with Crippen molar-refractivity contribution in [2.75, 3.05) is 27.3 Å². The average molecular weight is 319 g/mol. The van der Waals surface area contributed by atoms with Crippen LogP contribution in [0.25, 0.3) is 0 Å². The number of rotatable bonds is 4. The fraction of sp³-hybridized carbons (Fsp3) is 0.684. The third-order valence-electron chi connectivity index (χ3n) is 5.37. The molecule has 23 heavy (non-hydrogen) atoms. The summed E-state index contributed by atoms with van der Waals surface area (Å²) >= 11 is 0. The molecule has 2 aliphatic rings. The third kappa shape index (κ3) is 3.20. The molecular weight excluding hydrogens is 290 g/mol. The highest BCUT2D eigenvalue weighted by Crippen LogP contribution is 2.43. The van der Waals surface area contributed by atoms with Crippen LogP contribution in [0.2, 0.25) is 0 Å². The monoisotopic (exact) mass is 319 g/mol. The van der Waals surface area contributed by atoms with E-state index in [1.54, 1.807) is 14.2 Å². The summed E-state index contributed by atoms with van der Waals surface area (Å²) in [5.74, 6) is 2.61. The van der Waals surface area contributed by atoms with Gasteiger partial charge in [0.1, 0.15) is 0 Å². The minimum Gasteiger partial charge on any atom is -0.493 e. The molecule has 1 fully saturated rings. The van der Waals surface area contributed by atoms with Crippen LogP contribution in [0.5, 0.6) is 11.5 Å². The Morgan fingerprint density at radius 2 is 1.91 bits per heavy atom. The number of aliphatic hydroxyl groups is 1. The predicted molar refractivity (Wildman–Crippen MR) is 91.1 cm³/mol. The lowest BCUT2D eigenvalue weighted by Gasteiger charge is -2.46. The number of fused-ring (bicyclic) bond motifs is 3. The minimum atomic E-state index is -0.210. The number of hydrogen-bond acceptors (Lipinski definition) is 4. The van der Waals surface area contributed by atoms with E-state index < -0.39 is 0 Å². The number of aliphatic hydroxyl groups excluding tert-OH is 1. The highest BCUT2D eigenvalue weighted by Gasteiger charge is 2.38. The van der Waals surface area contributed by atoms with Crippen LogP contribution in [0, 0.1) is 11.8 Å². The van der Waals surface area contributed by atoms with Gasteiger partial charge in [-0.2, -0.15) is 0 Å². The lowest BCUT2D eigenvalue weighted by atomic mass is 9.79. The number of methoxy groups -OCH3 is 2. The van der Waals surface area contributed by atoms with Gasteiger partial charge in [-0.15, -0.1) is 0 Å². The number of nitrogens with zero attached hydrogens (tertiary/aromatic N) is 1. The number of piperidine rings is 1. The van der Waals surface area contributed by atoms with Crippen molar-refractivity contribution in [1.82, 2.24) is 4.90 Å². The van der Waals surface area contributed by atoms with Gasteiger partial charge in [-0.3, -0.25) is 4.90 Å². The van der Waals surface area contributed by atoms with E-state index in [9.17, 15) is 5.11 Å². The SMILES string of the molecule is COc1cc2c(cc1OC)[C@@H]1C[C@@H](O)[C@H](CC(C)C)CN1CC2. The van der Waals surface area contributed by atoms with E-state index in [1.165, 1.54) is 11.1 Å². The van der Waals surface area contributed by atoms with Crippen molar-refractivity contribution in [1.29, 1.82) is 0 Å². The van der Waals surface area contributed by atoms with E-state index in [4.69, 9.17) is 9.47 Å². The maximum absolute atomic E-state index is 10.6. The fourth-order valence-electron chi connectivity index (χ4n) is 4.26. The summed E-state index contributed by atoms with van der Waals surface area (Å²) in [6.45, 7) is 6.54. The van der Waals surface area contributed by atoms with E-state index in [0.717, 1.165) is 43.9 Å². The molecule has 0 unspecified atom stereocenters. The van der Waals surface area contributed by atoms with E-state index in [2.05, 4.69) is 30.9 Å². The van der Waals surface area contributed by atoms with Gasteiger partial charge in [0.15, 0.2) is 11.5 Å². The molecule has 1 N–H and O–H groups in total. The van der Waals surface area contributed by atoms with Gasteiger partial charge in [0.25, 0.3) is 0 Å². The summed E-state index contributed by atoms with van der Waals surface area (Å²) in [5, 5.41) is 10.6. The van der Waals surface area contributed by atoms with Crippen LogP contribution < -0.4 is 9.47 Å².